The molecule has 3 nitrogen and oxygen atoms in total. The minimum atomic E-state index is -4.49. The molecule has 0 saturated heterocycles. The molecule has 7 heteroatoms. The Bertz CT molecular complexity index is 701. The summed E-state index contributed by atoms with van der Waals surface area (Å²) in [6.07, 6.45) is -4.49. The van der Waals surface area contributed by atoms with Crippen LogP contribution in [0.15, 0.2) is 35.7 Å². The van der Waals surface area contributed by atoms with E-state index in [0.29, 0.717) is 0 Å². The number of hydrogen-bond donors (Lipinski definition) is 0. The zero-order chi connectivity index (χ0) is 15.2. The van der Waals surface area contributed by atoms with Crippen LogP contribution in [0, 0.1) is 0 Å². The standard InChI is InChI=1S/C14H8F3NO2S/c15-14(16,17)10-5-6-21-11(10)7-18-12(19)8-3-1-2-4-9(8)13(18)20/h1-6H,7H2. The average molecular weight is 311 g/mol. The molecule has 0 radical (unpaired) electrons. The van der Waals surface area contributed by atoms with Gasteiger partial charge in [0.2, 0.25) is 0 Å². The highest BCUT2D eigenvalue weighted by Crippen LogP contribution is 2.36. The van der Waals surface area contributed by atoms with Crippen molar-refractivity contribution >= 4 is 23.2 Å². The first-order valence-corrected chi connectivity index (χ1v) is 6.86. The fraction of sp³-hybridized carbons (Fsp3) is 0.143. The van der Waals surface area contributed by atoms with Gasteiger partial charge in [-0.3, -0.25) is 14.5 Å². The molecule has 1 aromatic heterocycles. The third kappa shape index (κ3) is 2.23. The molecule has 0 unspecified atom stereocenters. The van der Waals surface area contributed by atoms with Crippen molar-refractivity contribution in [1.29, 1.82) is 0 Å². The number of rotatable bonds is 2. The molecule has 2 heterocycles. The van der Waals surface area contributed by atoms with Gasteiger partial charge in [0.05, 0.1) is 23.2 Å². The van der Waals surface area contributed by atoms with E-state index in [2.05, 4.69) is 0 Å². The monoisotopic (exact) mass is 311 g/mol. The van der Waals surface area contributed by atoms with E-state index in [1.807, 2.05) is 0 Å². The zero-order valence-electron chi connectivity index (χ0n) is 10.5. The van der Waals surface area contributed by atoms with Crippen molar-refractivity contribution in [3.63, 3.8) is 0 Å². The van der Waals surface area contributed by atoms with Gasteiger partial charge in [-0.25, -0.2) is 0 Å². The Kier molecular flexibility index (Phi) is 3.09. The van der Waals surface area contributed by atoms with Gasteiger partial charge in [-0.1, -0.05) is 12.1 Å². The summed E-state index contributed by atoms with van der Waals surface area (Å²) in [6, 6.07) is 7.17. The molecule has 2 aromatic rings. The maximum Gasteiger partial charge on any atom is 0.417 e. The van der Waals surface area contributed by atoms with Crippen molar-refractivity contribution in [3.8, 4) is 0 Å². The molecular weight excluding hydrogens is 303 g/mol. The Labute approximate surface area is 121 Å². The van der Waals surface area contributed by atoms with Gasteiger partial charge in [0.25, 0.3) is 11.8 Å². The number of amides is 2. The molecule has 1 aliphatic heterocycles. The largest absolute Gasteiger partial charge is 0.417 e. The van der Waals surface area contributed by atoms with Crippen molar-refractivity contribution in [2.75, 3.05) is 0 Å². The van der Waals surface area contributed by atoms with E-state index in [-0.39, 0.29) is 22.5 Å². The predicted octanol–water partition coefficient (Wildman–Crippen LogP) is 3.56. The fourth-order valence-electron chi connectivity index (χ4n) is 2.24. The molecular formula is C14H8F3NO2S. The Balaban J connectivity index is 1.93. The van der Waals surface area contributed by atoms with E-state index < -0.39 is 23.6 Å². The van der Waals surface area contributed by atoms with Crippen LogP contribution >= 0.6 is 11.3 Å². The van der Waals surface area contributed by atoms with Gasteiger partial charge in [-0.15, -0.1) is 11.3 Å². The summed E-state index contributed by atoms with van der Waals surface area (Å²) in [7, 11) is 0. The van der Waals surface area contributed by atoms with Crippen molar-refractivity contribution in [1.82, 2.24) is 4.90 Å². The number of carbonyl (C=O) groups is 2. The molecule has 0 bridgehead atoms. The Morgan fingerprint density at radius 1 is 1.00 bits per heavy atom. The van der Waals surface area contributed by atoms with Crippen LogP contribution in [0.5, 0.6) is 0 Å². The number of imide groups is 1. The lowest BCUT2D eigenvalue weighted by atomic mass is 10.1. The minimum absolute atomic E-state index is 0.0444. The van der Waals surface area contributed by atoms with Gasteiger partial charge in [0.15, 0.2) is 0 Å². The first kappa shape index (κ1) is 13.8. The van der Waals surface area contributed by atoms with Crippen LogP contribution in [0.4, 0.5) is 13.2 Å². The molecule has 0 atom stereocenters. The highest BCUT2D eigenvalue weighted by Gasteiger charge is 2.39. The number of fused-ring (bicyclic) bond motifs is 1. The Morgan fingerprint density at radius 3 is 2.10 bits per heavy atom. The van der Waals surface area contributed by atoms with Gasteiger partial charge in [0.1, 0.15) is 0 Å². The Morgan fingerprint density at radius 2 is 1.57 bits per heavy atom. The summed E-state index contributed by atoms with van der Waals surface area (Å²) in [6.45, 7) is -0.362. The van der Waals surface area contributed by atoms with Crippen molar-refractivity contribution < 1.29 is 22.8 Å². The third-order valence-corrected chi connectivity index (χ3v) is 4.14. The second-order valence-corrected chi connectivity index (χ2v) is 5.50. The van der Waals surface area contributed by atoms with E-state index in [0.717, 1.165) is 22.3 Å². The molecule has 21 heavy (non-hydrogen) atoms. The van der Waals surface area contributed by atoms with Gasteiger partial charge >= 0.3 is 6.18 Å². The van der Waals surface area contributed by atoms with Crippen molar-refractivity contribution in [2.45, 2.75) is 12.7 Å². The topological polar surface area (TPSA) is 37.4 Å². The lowest BCUT2D eigenvalue weighted by molar-refractivity contribution is -0.138. The molecule has 0 aliphatic carbocycles. The van der Waals surface area contributed by atoms with E-state index in [1.165, 1.54) is 17.5 Å². The fourth-order valence-corrected chi connectivity index (χ4v) is 3.12. The number of thiophene rings is 1. The summed E-state index contributed by atoms with van der Waals surface area (Å²) in [4.78, 5) is 25.1. The second-order valence-electron chi connectivity index (χ2n) is 4.50. The van der Waals surface area contributed by atoms with Crippen LogP contribution in [-0.2, 0) is 12.7 Å². The summed E-state index contributed by atoms with van der Waals surface area (Å²) in [5.74, 6) is -1.12. The van der Waals surface area contributed by atoms with Gasteiger partial charge in [-0.05, 0) is 23.6 Å². The molecule has 2 amide bonds. The van der Waals surface area contributed by atoms with E-state index in [4.69, 9.17) is 0 Å². The van der Waals surface area contributed by atoms with Crippen LogP contribution < -0.4 is 0 Å². The Hall–Kier alpha value is -2.15. The number of hydrogen-bond acceptors (Lipinski definition) is 3. The first-order chi connectivity index (χ1) is 9.89. The molecule has 0 spiro atoms. The summed E-state index contributed by atoms with van der Waals surface area (Å²) in [5, 5.41) is 1.30. The molecule has 0 fully saturated rings. The smallest absolute Gasteiger partial charge is 0.269 e. The minimum Gasteiger partial charge on any atom is -0.269 e. The summed E-state index contributed by atoms with van der Waals surface area (Å²) < 4.78 is 38.5. The lowest BCUT2D eigenvalue weighted by Crippen LogP contribution is -2.29. The second kappa shape index (κ2) is 4.70. The van der Waals surface area contributed by atoms with Crippen LogP contribution in [0.1, 0.15) is 31.2 Å². The highest BCUT2D eigenvalue weighted by atomic mass is 32.1. The molecule has 1 aliphatic rings. The quantitative estimate of drug-likeness (QED) is 0.795. The predicted molar refractivity (Wildman–Crippen MR) is 70.0 cm³/mol. The van der Waals surface area contributed by atoms with Crippen LogP contribution in [0.25, 0.3) is 0 Å². The van der Waals surface area contributed by atoms with Crippen LogP contribution in [0.3, 0.4) is 0 Å². The molecule has 1 aromatic carbocycles. The number of alkyl halides is 3. The number of nitrogens with zero attached hydrogens (tertiary/aromatic N) is 1. The SMILES string of the molecule is O=C1c2ccccc2C(=O)N1Cc1sccc1C(F)(F)F. The van der Waals surface area contributed by atoms with E-state index >= 15 is 0 Å². The maximum absolute atomic E-state index is 12.8. The van der Waals surface area contributed by atoms with E-state index in [1.54, 1.807) is 12.1 Å². The number of carbonyl (C=O) groups excluding carboxylic acids is 2. The molecule has 108 valence electrons. The van der Waals surface area contributed by atoms with Crippen LogP contribution in [-0.4, -0.2) is 16.7 Å². The van der Waals surface area contributed by atoms with Crippen molar-refractivity contribution in [2.24, 2.45) is 0 Å². The lowest BCUT2D eigenvalue weighted by Gasteiger charge is -2.15. The zero-order valence-corrected chi connectivity index (χ0v) is 11.3. The normalized spacial score (nSPS) is 14.7. The molecule has 0 saturated carbocycles. The summed E-state index contributed by atoms with van der Waals surface area (Å²) in [5.41, 5.74) is -0.343. The van der Waals surface area contributed by atoms with E-state index in [9.17, 15) is 22.8 Å². The number of halogens is 3. The van der Waals surface area contributed by atoms with Crippen molar-refractivity contribution in [3.05, 3.63) is 57.3 Å². The molecule has 0 N–H and O–H groups in total. The average Bonchev–Trinajstić information content (AvgIpc) is 2.99. The van der Waals surface area contributed by atoms with Crippen LogP contribution in [0.2, 0.25) is 0 Å². The van der Waals surface area contributed by atoms with Gasteiger partial charge in [0, 0.05) is 4.88 Å². The number of benzene rings is 1. The summed E-state index contributed by atoms with van der Waals surface area (Å²) >= 11 is 0.880. The first-order valence-electron chi connectivity index (χ1n) is 5.98. The van der Waals surface area contributed by atoms with Gasteiger partial charge in [-0.2, -0.15) is 13.2 Å². The molecule has 3 rings (SSSR count). The maximum atomic E-state index is 12.8. The highest BCUT2D eigenvalue weighted by molar-refractivity contribution is 7.10. The third-order valence-electron chi connectivity index (χ3n) is 3.23. The van der Waals surface area contributed by atoms with Gasteiger partial charge < -0.3 is 0 Å².